The van der Waals surface area contributed by atoms with Crippen LogP contribution in [0.25, 0.3) is 0 Å². The van der Waals surface area contributed by atoms with Crippen molar-refractivity contribution in [2.75, 3.05) is 30.1 Å². The Morgan fingerprint density at radius 2 is 2.17 bits per heavy atom. The van der Waals surface area contributed by atoms with Gasteiger partial charge in [-0.1, -0.05) is 6.08 Å². The van der Waals surface area contributed by atoms with Crippen LogP contribution in [0.3, 0.4) is 0 Å². The summed E-state index contributed by atoms with van der Waals surface area (Å²) < 4.78 is 0. The molecular formula is C11H20N2O3S2. The first-order valence-electron chi connectivity index (χ1n) is 5.56. The molecule has 0 fully saturated rings. The van der Waals surface area contributed by atoms with Crippen molar-refractivity contribution in [1.82, 2.24) is 10.6 Å². The van der Waals surface area contributed by atoms with E-state index in [1.54, 1.807) is 29.6 Å². The van der Waals surface area contributed by atoms with Crippen molar-refractivity contribution < 1.29 is 14.7 Å². The van der Waals surface area contributed by atoms with Gasteiger partial charge in [-0.15, -0.1) is 6.58 Å². The van der Waals surface area contributed by atoms with E-state index in [1.165, 1.54) is 0 Å². The standard InChI is InChI=1S/C11H20N2O3S2/c1-3-6-18-8-5-12-11(16)13-9(10(14)15)4-7-17-2/h3,9H,1,4-8H2,2H3,(H,14,15)(H2,12,13,16)/t9-/m0/s1. The summed E-state index contributed by atoms with van der Waals surface area (Å²) in [5, 5.41) is 14.0. The van der Waals surface area contributed by atoms with Crippen molar-refractivity contribution >= 4 is 35.5 Å². The van der Waals surface area contributed by atoms with Gasteiger partial charge in [-0.3, -0.25) is 0 Å². The lowest BCUT2D eigenvalue weighted by atomic mass is 10.2. The maximum absolute atomic E-state index is 11.4. The number of hydrogen-bond donors (Lipinski definition) is 3. The minimum atomic E-state index is -1.000. The van der Waals surface area contributed by atoms with Crippen LogP contribution in [0, 0.1) is 0 Å². The molecule has 0 aliphatic heterocycles. The molecule has 0 spiro atoms. The SMILES string of the molecule is C=CCSCCNC(=O)N[C@@H](CCSC)C(=O)O. The molecule has 7 heteroatoms. The van der Waals surface area contributed by atoms with E-state index in [-0.39, 0.29) is 0 Å². The molecule has 1 atom stereocenters. The predicted octanol–water partition coefficient (Wildman–Crippen LogP) is 1.41. The molecule has 0 rings (SSSR count). The second-order valence-electron chi connectivity index (χ2n) is 3.44. The molecule has 0 unspecified atom stereocenters. The van der Waals surface area contributed by atoms with Crippen LogP contribution in [0.15, 0.2) is 12.7 Å². The molecule has 0 heterocycles. The van der Waals surface area contributed by atoms with Gasteiger partial charge in [0.1, 0.15) is 6.04 Å². The number of nitrogens with one attached hydrogen (secondary N) is 2. The zero-order valence-corrected chi connectivity index (χ0v) is 12.1. The summed E-state index contributed by atoms with van der Waals surface area (Å²) >= 11 is 3.21. The highest BCUT2D eigenvalue weighted by atomic mass is 32.2. The maximum atomic E-state index is 11.4. The summed E-state index contributed by atoms with van der Waals surface area (Å²) in [7, 11) is 0. The predicted molar refractivity (Wildman–Crippen MR) is 78.5 cm³/mol. The van der Waals surface area contributed by atoms with Crippen molar-refractivity contribution in [3.63, 3.8) is 0 Å². The van der Waals surface area contributed by atoms with Gasteiger partial charge in [-0.25, -0.2) is 9.59 Å². The Balaban J connectivity index is 3.80. The highest BCUT2D eigenvalue weighted by molar-refractivity contribution is 7.99. The van der Waals surface area contributed by atoms with Crippen molar-refractivity contribution in [1.29, 1.82) is 0 Å². The number of hydrogen-bond acceptors (Lipinski definition) is 4. The zero-order valence-electron chi connectivity index (χ0n) is 10.5. The molecule has 0 aromatic heterocycles. The fourth-order valence-electron chi connectivity index (χ4n) is 1.11. The highest BCUT2D eigenvalue weighted by Gasteiger charge is 2.18. The fourth-order valence-corrected chi connectivity index (χ4v) is 2.16. The number of carboxylic acid groups (broad SMARTS) is 1. The summed E-state index contributed by atoms with van der Waals surface area (Å²) in [6.45, 7) is 4.11. The van der Waals surface area contributed by atoms with Gasteiger partial charge in [0.15, 0.2) is 0 Å². The van der Waals surface area contributed by atoms with E-state index in [4.69, 9.17) is 5.11 Å². The van der Waals surface area contributed by atoms with E-state index < -0.39 is 18.0 Å². The van der Waals surface area contributed by atoms with Gasteiger partial charge in [0.2, 0.25) is 0 Å². The number of carbonyl (C=O) groups is 2. The van der Waals surface area contributed by atoms with Gasteiger partial charge in [-0.05, 0) is 18.4 Å². The molecule has 0 saturated heterocycles. The van der Waals surface area contributed by atoms with Gasteiger partial charge in [0, 0.05) is 18.1 Å². The van der Waals surface area contributed by atoms with Gasteiger partial charge >= 0.3 is 12.0 Å². The number of thioether (sulfide) groups is 2. The lowest BCUT2D eigenvalue weighted by Gasteiger charge is -2.14. The van der Waals surface area contributed by atoms with Gasteiger partial charge in [0.25, 0.3) is 0 Å². The average Bonchev–Trinajstić information content (AvgIpc) is 2.33. The van der Waals surface area contributed by atoms with E-state index in [2.05, 4.69) is 17.2 Å². The Bertz CT molecular complexity index is 275. The summed E-state index contributed by atoms with van der Waals surface area (Å²) in [6, 6.07) is -1.25. The zero-order chi connectivity index (χ0) is 13.8. The van der Waals surface area contributed by atoms with Crippen LogP contribution in [0.5, 0.6) is 0 Å². The first-order valence-corrected chi connectivity index (χ1v) is 8.11. The molecule has 0 bridgehead atoms. The number of carboxylic acids is 1. The molecule has 0 aromatic rings. The van der Waals surface area contributed by atoms with E-state index in [1.807, 2.05) is 6.26 Å². The minimum Gasteiger partial charge on any atom is -0.480 e. The summed E-state index contributed by atoms with van der Waals surface area (Å²) in [6.07, 6.45) is 4.12. The number of rotatable bonds is 10. The third-order valence-electron chi connectivity index (χ3n) is 1.98. The third-order valence-corrected chi connectivity index (χ3v) is 3.59. The minimum absolute atomic E-state index is 0.426. The van der Waals surface area contributed by atoms with Crippen molar-refractivity contribution in [2.45, 2.75) is 12.5 Å². The topological polar surface area (TPSA) is 78.4 Å². The molecule has 104 valence electrons. The largest absolute Gasteiger partial charge is 0.480 e. The Kier molecular flexibility index (Phi) is 10.8. The molecule has 18 heavy (non-hydrogen) atoms. The smallest absolute Gasteiger partial charge is 0.326 e. The normalized spacial score (nSPS) is 11.6. The summed E-state index contributed by atoms with van der Waals surface area (Å²) in [5.41, 5.74) is 0. The van der Waals surface area contributed by atoms with Gasteiger partial charge < -0.3 is 15.7 Å². The highest BCUT2D eigenvalue weighted by Crippen LogP contribution is 2.01. The van der Waals surface area contributed by atoms with Crippen LogP contribution in [0.1, 0.15) is 6.42 Å². The molecule has 0 aromatic carbocycles. The molecular weight excluding hydrogens is 272 g/mol. The van der Waals surface area contributed by atoms with Gasteiger partial charge in [0.05, 0.1) is 0 Å². The summed E-state index contributed by atoms with van der Waals surface area (Å²) in [5.74, 6) is 1.32. The second kappa shape index (κ2) is 11.3. The lowest BCUT2D eigenvalue weighted by Crippen LogP contribution is -2.46. The molecule has 0 saturated carbocycles. The number of urea groups is 1. The molecule has 2 amide bonds. The molecule has 0 aliphatic rings. The lowest BCUT2D eigenvalue weighted by molar-refractivity contribution is -0.139. The monoisotopic (exact) mass is 292 g/mol. The van der Waals surface area contributed by atoms with Crippen LogP contribution in [-0.4, -0.2) is 53.2 Å². The van der Waals surface area contributed by atoms with Crippen LogP contribution >= 0.6 is 23.5 Å². The molecule has 3 N–H and O–H groups in total. The molecule has 0 aliphatic carbocycles. The van der Waals surface area contributed by atoms with E-state index in [0.717, 1.165) is 11.5 Å². The van der Waals surface area contributed by atoms with Crippen molar-refractivity contribution in [3.05, 3.63) is 12.7 Å². The van der Waals surface area contributed by atoms with Crippen LogP contribution in [-0.2, 0) is 4.79 Å². The van der Waals surface area contributed by atoms with Crippen LogP contribution in [0.4, 0.5) is 4.79 Å². The Morgan fingerprint density at radius 1 is 1.44 bits per heavy atom. The van der Waals surface area contributed by atoms with Crippen molar-refractivity contribution in [3.8, 4) is 0 Å². The first-order chi connectivity index (χ1) is 8.61. The van der Waals surface area contributed by atoms with Crippen LogP contribution < -0.4 is 10.6 Å². The summed E-state index contributed by atoms with van der Waals surface area (Å²) in [4.78, 5) is 22.3. The molecule has 0 radical (unpaired) electrons. The fraction of sp³-hybridized carbons (Fsp3) is 0.636. The number of aliphatic carboxylic acids is 1. The van der Waals surface area contributed by atoms with Gasteiger partial charge in [-0.2, -0.15) is 23.5 Å². The van der Waals surface area contributed by atoms with E-state index in [0.29, 0.717) is 18.7 Å². The van der Waals surface area contributed by atoms with E-state index >= 15 is 0 Å². The Hall–Kier alpha value is -0.820. The molecule has 5 nitrogen and oxygen atoms in total. The Labute approximate surface area is 116 Å². The number of carbonyl (C=O) groups excluding carboxylic acids is 1. The second-order valence-corrected chi connectivity index (χ2v) is 5.57. The number of amides is 2. The quantitative estimate of drug-likeness (QED) is 0.419. The first kappa shape index (κ1) is 17.2. The Morgan fingerprint density at radius 3 is 2.72 bits per heavy atom. The van der Waals surface area contributed by atoms with Crippen LogP contribution in [0.2, 0.25) is 0 Å². The van der Waals surface area contributed by atoms with Crippen molar-refractivity contribution in [2.24, 2.45) is 0 Å². The third kappa shape index (κ3) is 9.23. The maximum Gasteiger partial charge on any atom is 0.326 e. The average molecular weight is 292 g/mol. The van der Waals surface area contributed by atoms with E-state index in [9.17, 15) is 9.59 Å².